The monoisotopic (exact) mass is 172 g/mol. The number of carbonyl (C=O) groups is 1. The highest BCUT2D eigenvalue weighted by molar-refractivity contribution is 6.30. The zero-order chi connectivity index (χ0) is 9.26. The van der Waals surface area contributed by atoms with Crippen molar-refractivity contribution in [2.75, 3.05) is 0 Å². The topological polar surface area (TPSA) is 68.6 Å². The van der Waals surface area contributed by atoms with Crippen molar-refractivity contribution in [3.05, 3.63) is 18.2 Å². The molecule has 2 rings (SSSR count). The minimum atomic E-state index is 0.132. The fraction of sp³-hybridized carbons (Fsp3) is 0. The Morgan fingerprint density at radius 3 is 2.85 bits per heavy atom. The minimum absolute atomic E-state index is 0.132. The summed E-state index contributed by atoms with van der Waals surface area (Å²) in [4.78, 5) is 26.2. The van der Waals surface area contributed by atoms with Gasteiger partial charge in [0.25, 0.3) is 0 Å². The van der Waals surface area contributed by atoms with Gasteiger partial charge in [-0.05, 0) is 0 Å². The Bertz CT molecular complexity index is 473. The molecule has 0 aromatic carbocycles. The van der Waals surface area contributed by atoms with E-state index in [1.54, 1.807) is 6.20 Å². The molecule has 0 unspecified atom stereocenters. The van der Waals surface area contributed by atoms with Crippen LogP contribution in [0.1, 0.15) is 10.6 Å². The van der Waals surface area contributed by atoms with Crippen molar-refractivity contribution in [1.29, 1.82) is 0 Å². The van der Waals surface area contributed by atoms with E-state index in [0.29, 0.717) is 17.5 Å². The third-order valence-corrected chi connectivity index (χ3v) is 1.55. The fourth-order valence-corrected chi connectivity index (χ4v) is 0.969. The zero-order valence-electron chi connectivity index (χ0n) is 6.93. The van der Waals surface area contributed by atoms with Gasteiger partial charge in [0.05, 0.1) is 6.20 Å². The third kappa shape index (κ3) is 1.38. The maximum absolute atomic E-state index is 10.4. The molecule has 0 bridgehead atoms. The first-order valence-electron chi connectivity index (χ1n) is 3.71. The number of aldehydes is 1. The second-order valence-electron chi connectivity index (χ2n) is 2.57. The molecule has 2 aromatic heterocycles. The lowest BCUT2D eigenvalue weighted by Crippen LogP contribution is -2.10. The van der Waals surface area contributed by atoms with Gasteiger partial charge >= 0.3 is 0 Å². The zero-order valence-corrected chi connectivity index (χ0v) is 6.93. The molecule has 0 saturated carbocycles. The highest BCUT2D eigenvalue weighted by atomic mass is 16.1. The predicted molar refractivity (Wildman–Crippen MR) is 48.7 cm³/mol. The SMILES string of the molecule is Bc1cnc2cnc(C=O)nc2n1. The van der Waals surface area contributed by atoms with Gasteiger partial charge in [-0.25, -0.2) is 15.0 Å². The quantitative estimate of drug-likeness (QED) is 0.386. The largest absolute Gasteiger partial charge is 0.294 e. The molecule has 5 nitrogen and oxygen atoms in total. The van der Waals surface area contributed by atoms with E-state index in [-0.39, 0.29) is 5.82 Å². The summed E-state index contributed by atoms with van der Waals surface area (Å²) < 4.78 is 0. The van der Waals surface area contributed by atoms with Gasteiger partial charge in [-0.1, -0.05) is 0 Å². The first-order valence-corrected chi connectivity index (χ1v) is 3.71. The predicted octanol–water partition coefficient (Wildman–Crippen LogP) is -1.51. The maximum atomic E-state index is 10.4. The molecule has 2 heterocycles. The molecule has 0 aliphatic rings. The van der Waals surface area contributed by atoms with Gasteiger partial charge in [0.2, 0.25) is 0 Å². The Hall–Kier alpha value is -1.85. The average Bonchev–Trinajstić information content (AvgIpc) is 2.16. The van der Waals surface area contributed by atoms with E-state index in [1.807, 2.05) is 7.85 Å². The van der Waals surface area contributed by atoms with E-state index < -0.39 is 0 Å². The summed E-state index contributed by atoms with van der Waals surface area (Å²) in [6.07, 6.45) is 3.70. The molecular weight excluding hydrogens is 167 g/mol. The number of rotatable bonds is 1. The molecule has 0 aliphatic carbocycles. The van der Waals surface area contributed by atoms with Gasteiger partial charge < -0.3 is 0 Å². The standard InChI is InChI=1S/C7H5BN4O/c8-5-2-9-4-1-10-6(3-13)12-7(4)11-5/h1-3H,8H2. The number of aromatic nitrogens is 4. The summed E-state index contributed by atoms with van der Waals surface area (Å²) in [5, 5.41) is 0. The number of nitrogens with zero attached hydrogens (tertiary/aromatic N) is 4. The molecule has 6 heteroatoms. The van der Waals surface area contributed by atoms with Crippen LogP contribution in [-0.2, 0) is 0 Å². The fourth-order valence-electron chi connectivity index (χ4n) is 0.969. The van der Waals surface area contributed by atoms with E-state index in [2.05, 4.69) is 19.9 Å². The van der Waals surface area contributed by atoms with Crippen LogP contribution in [0.5, 0.6) is 0 Å². The average molecular weight is 172 g/mol. The van der Waals surface area contributed by atoms with Crippen molar-refractivity contribution in [2.45, 2.75) is 0 Å². The van der Waals surface area contributed by atoms with Gasteiger partial charge in [-0.15, -0.1) is 0 Å². The van der Waals surface area contributed by atoms with Crippen molar-refractivity contribution in [2.24, 2.45) is 0 Å². The molecule has 0 radical (unpaired) electrons. The van der Waals surface area contributed by atoms with Gasteiger partial charge in [-0.3, -0.25) is 9.78 Å². The first kappa shape index (κ1) is 7.79. The highest BCUT2D eigenvalue weighted by Crippen LogP contribution is 2.00. The van der Waals surface area contributed by atoms with Crippen LogP contribution < -0.4 is 5.59 Å². The number of hydrogen-bond acceptors (Lipinski definition) is 5. The number of fused-ring (bicyclic) bond motifs is 1. The Kier molecular flexibility index (Phi) is 1.73. The molecule has 0 amide bonds. The summed E-state index contributed by atoms with van der Waals surface area (Å²) >= 11 is 0. The second kappa shape index (κ2) is 2.89. The van der Waals surface area contributed by atoms with Crippen LogP contribution in [0, 0.1) is 0 Å². The van der Waals surface area contributed by atoms with E-state index in [1.165, 1.54) is 6.20 Å². The second-order valence-corrected chi connectivity index (χ2v) is 2.57. The van der Waals surface area contributed by atoms with Gasteiger partial charge in [0.15, 0.2) is 25.6 Å². The number of hydrogen-bond donors (Lipinski definition) is 0. The van der Waals surface area contributed by atoms with E-state index in [9.17, 15) is 4.79 Å². The third-order valence-electron chi connectivity index (χ3n) is 1.55. The Morgan fingerprint density at radius 1 is 1.23 bits per heavy atom. The van der Waals surface area contributed by atoms with Crippen molar-refractivity contribution in [3.8, 4) is 0 Å². The van der Waals surface area contributed by atoms with Crippen LogP contribution >= 0.6 is 0 Å². The lowest BCUT2D eigenvalue weighted by Gasteiger charge is -1.96. The van der Waals surface area contributed by atoms with Crippen molar-refractivity contribution < 1.29 is 4.79 Å². The minimum Gasteiger partial charge on any atom is -0.294 e. The Balaban J connectivity index is 2.74. The van der Waals surface area contributed by atoms with Crippen molar-refractivity contribution in [1.82, 2.24) is 19.9 Å². The highest BCUT2D eigenvalue weighted by Gasteiger charge is 2.00. The molecule has 0 N–H and O–H groups in total. The van der Waals surface area contributed by atoms with Gasteiger partial charge in [0, 0.05) is 11.8 Å². The van der Waals surface area contributed by atoms with Crippen molar-refractivity contribution in [3.63, 3.8) is 0 Å². The Labute approximate surface area is 74.7 Å². The molecule has 13 heavy (non-hydrogen) atoms. The summed E-state index contributed by atoms with van der Waals surface area (Å²) in [6.45, 7) is 0. The molecule has 0 aliphatic heterocycles. The molecule has 0 atom stereocenters. The molecule has 0 saturated heterocycles. The summed E-state index contributed by atoms with van der Waals surface area (Å²) in [6, 6.07) is 0. The van der Waals surface area contributed by atoms with Crippen LogP contribution in [0.2, 0.25) is 0 Å². The van der Waals surface area contributed by atoms with Crippen LogP contribution in [0.25, 0.3) is 11.2 Å². The summed E-state index contributed by atoms with van der Waals surface area (Å²) in [5.41, 5.74) is 1.82. The molecule has 62 valence electrons. The van der Waals surface area contributed by atoms with E-state index in [4.69, 9.17) is 0 Å². The normalized spacial score (nSPS) is 10.2. The van der Waals surface area contributed by atoms with Crippen LogP contribution in [0.15, 0.2) is 12.4 Å². The maximum Gasteiger partial charge on any atom is 0.194 e. The molecule has 2 aromatic rings. The Morgan fingerprint density at radius 2 is 2.08 bits per heavy atom. The van der Waals surface area contributed by atoms with E-state index >= 15 is 0 Å². The first-order chi connectivity index (χ1) is 6.29. The van der Waals surface area contributed by atoms with Gasteiger partial charge in [-0.2, -0.15) is 0 Å². The van der Waals surface area contributed by atoms with E-state index in [0.717, 1.165) is 5.59 Å². The molecular formula is C7H5BN4O. The van der Waals surface area contributed by atoms with Gasteiger partial charge in [0.1, 0.15) is 5.52 Å². The summed E-state index contributed by atoms with van der Waals surface area (Å²) in [7, 11) is 1.81. The molecule has 0 fully saturated rings. The smallest absolute Gasteiger partial charge is 0.194 e. The van der Waals surface area contributed by atoms with Crippen LogP contribution in [-0.4, -0.2) is 34.1 Å². The lowest BCUT2D eigenvalue weighted by molar-refractivity contribution is 0.111. The van der Waals surface area contributed by atoms with Crippen molar-refractivity contribution >= 4 is 30.9 Å². The summed E-state index contributed by atoms with van der Waals surface area (Å²) in [5.74, 6) is 0.132. The van der Waals surface area contributed by atoms with Crippen LogP contribution in [0.4, 0.5) is 0 Å². The number of carbonyl (C=O) groups excluding carboxylic acids is 1. The van der Waals surface area contributed by atoms with Crippen LogP contribution in [0.3, 0.4) is 0 Å². The lowest BCUT2D eigenvalue weighted by atomic mass is 10.1. The molecule has 0 spiro atoms.